The summed E-state index contributed by atoms with van der Waals surface area (Å²) in [6.45, 7) is 1.67. The maximum atomic E-state index is 12.0. The van der Waals surface area contributed by atoms with E-state index in [2.05, 4.69) is 0 Å². The Labute approximate surface area is 127 Å². The second kappa shape index (κ2) is 6.60. The minimum Gasteiger partial charge on any atom is -0.422 e. The van der Waals surface area contributed by atoms with Gasteiger partial charge in [0.15, 0.2) is 0 Å². The van der Waals surface area contributed by atoms with Gasteiger partial charge < -0.3 is 4.74 Å². The van der Waals surface area contributed by atoms with E-state index < -0.39 is 5.97 Å². The summed E-state index contributed by atoms with van der Waals surface area (Å²) >= 11 is 12.0. The molecule has 0 fully saturated rings. The highest BCUT2D eigenvalue weighted by atomic mass is 35.5. The van der Waals surface area contributed by atoms with E-state index in [9.17, 15) is 4.79 Å². The van der Waals surface area contributed by atoms with Crippen LogP contribution in [0.25, 0.3) is 6.08 Å². The lowest BCUT2D eigenvalue weighted by Gasteiger charge is -2.06. The zero-order valence-corrected chi connectivity index (χ0v) is 12.3. The molecule has 2 rings (SSSR count). The molecule has 0 heterocycles. The van der Waals surface area contributed by atoms with Crippen molar-refractivity contribution in [2.45, 2.75) is 6.92 Å². The molecule has 0 spiro atoms. The SMILES string of the molecule is CC(=Cc1ccccc1Cl)C(=O)Oc1ccccc1Cl. The minimum atomic E-state index is -0.460. The van der Waals surface area contributed by atoms with Crippen LogP contribution in [0, 0.1) is 0 Å². The highest BCUT2D eigenvalue weighted by Crippen LogP contribution is 2.24. The molecule has 20 heavy (non-hydrogen) atoms. The van der Waals surface area contributed by atoms with E-state index in [0.717, 1.165) is 5.56 Å². The predicted octanol–water partition coefficient (Wildman–Crippen LogP) is 5.00. The van der Waals surface area contributed by atoms with Gasteiger partial charge in [0.05, 0.1) is 5.02 Å². The number of para-hydroxylation sites is 1. The Balaban J connectivity index is 2.18. The van der Waals surface area contributed by atoms with Crippen molar-refractivity contribution in [1.29, 1.82) is 0 Å². The van der Waals surface area contributed by atoms with Gasteiger partial charge in [-0.25, -0.2) is 4.79 Å². The molecule has 0 N–H and O–H groups in total. The van der Waals surface area contributed by atoms with E-state index in [4.69, 9.17) is 27.9 Å². The van der Waals surface area contributed by atoms with Crippen molar-refractivity contribution in [3.8, 4) is 5.75 Å². The Morgan fingerprint density at radius 2 is 1.60 bits per heavy atom. The van der Waals surface area contributed by atoms with Gasteiger partial charge >= 0.3 is 5.97 Å². The Kier molecular flexibility index (Phi) is 4.83. The van der Waals surface area contributed by atoms with Crippen molar-refractivity contribution < 1.29 is 9.53 Å². The standard InChI is InChI=1S/C16H12Cl2O2/c1-11(10-12-6-2-3-7-13(12)17)16(19)20-15-9-5-4-8-14(15)18/h2-10H,1H3. The van der Waals surface area contributed by atoms with E-state index in [1.165, 1.54) is 0 Å². The second-order valence-corrected chi connectivity index (χ2v) is 4.98. The lowest BCUT2D eigenvalue weighted by atomic mass is 10.1. The summed E-state index contributed by atoms with van der Waals surface area (Å²) in [5.41, 5.74) is 1.21. The number of hydrogen-bond donors (Lipinski definition) is 0. The monoisotopic (exact) mass is 306 g/mol. The van der Waals surface area contributed by atoms with Crippen LogP contribution >= 0.6 is 23.2 Å². The molecule has 2 aromatic carbocycles. The Morgan fingerprint density at radius 3 is 2.25 bits per heavy atom. The number of benzene rings is 2. The first-order valence-corrected chi connectivity index (χ1v) is 6.73. The molecule has 0 amide bonds. The molecule has 0 aromatic heterocycles. The van der Waals surface area contributed by atoms with Crippen molar-refractivity contribution in [3.63, 3.8) is 0 Å². The van der Waals surface area contributed by atoms with Crippen LogP contribution in [0.15, 0.2) is 54.1 Å². The summed E-state index contributed by atoms with van der Waals surface area (Å²) in [5.74, 6) is -0.121. The molecule has 0 unspecified atom stereocenters. The van der Waals surface area contributed by atoms with Crippen LogP contribution < -0.4 is 4.74 Å². The molecule has 4 heteroatoms. The van der Waals surface area contributed by atoms with Crippen LogP contribution in [0.3, 0.4) is 0 Å². The van der Waals surface area contributed by atoms with Crippen molar-refractivity contribution in [2.24, 2.45) is 0 Å². The van der Waals surface area contributed by atoms with Gasteiger partial charge in [-0.1, -0.05) is 53.5 Å². The van der Waals surface area contributed by atoms with E-state index in [-0.39, 0.29) is 0 Å². The van der Waals surface area contributed by atoms with Gasteiger partial charge in [-0.3, -0.25) is 0 Å². The van der Waals surface area contributed by atoms with Crippen molar-refractivity contribution in [3.05, 3.63) is 69.7 Å². The van der Waals surface area contributed by atoms with Crippen LogP contribution in [0.5, 0.6) is 5.75 Å². The molecule has 0 radical (unpaired) electrons. The van der Waals surface area contributed by atoms with Gasteiger partial charge in [0.25, 0.3) is 0 Å². The summed E-state index contributed by atoms with van der Waals surface area (Å²) < 4.78 is 5.24. The average Bonchev–Trinajstić information content (AvgIpc) is 2.43. The van der Waals surface area contributed by atoms with E-state index >= 15 is 0 Å². The second-order valence-electron chi connectivity index (χ2n) is 4.17. The van der Waals surface area contributed by atoms with Gasteiger partial charge in [-0.05, 0) is 36.8 Å². The first kappa shape index (κ1) is 14.6. The van der Waals surface area contributed by atoms with Gasteiger partial charge in [0.2, 0.25) is 0 Å². The van der Waals surface area contributed by atoms with Crippen molar-refractivity contribution >= 4 is 35.2 Å². The first-order chi connectivity index (χ1) is 9.58. The van der Waals surface area contributed by atoms with Gasteiger partial charge in [-0.2, -0.15) is 0 Å². The summed E-state index contributed by atoms with van der Waals surface area (Å²) in [5, 5.41) is 0.976. The van der Waals surface area contributed by atoms with E-state index in [1.807, 2.05) is 18.2 Å². The molecule has 2 aromatic rings. The fourth-order valence-electron chi connectivity index (χ4n) is 1.59. The van der Waals surface area contributed by atoms with Crippen LogP contribution in [-0.4, -0.2) is 5.97 Å². The fraction of sp³-hybridized carbons (Fsp3) is 0.0625. The number of halogens is 2. The number of carbonyl (C=O) groups is 1. The molecule has 0 aliphatic rings. The van der Waals surface area contributed by atoms with Crippen molar-refractivity contribution in [2.75, 3.05) is 0 Å². The molecule has 102 valence electrons. The third-order valence-corrected chi connectivity index (χ3v) is 3.29. The van der Waals surface area contributed by atoms with E-state index in [0.29, 0.717) is 21.4 Å². The summed E-state index contributed by atoms with van der Waals surface area (Å²) in [7, 11) is 0. The predicted molar refractivity (Wildman–Crippen MR) is 82.2 cm³/mol. The summed E-state index contributed by atoms with van der Waals surface area (Å²) in [4.78, 5) is 12.0. The summed E-state index contributed by atoms with van der Waals surface area (Å²) in [6.07, 6.45) is 1.68. The molecule has 0 aliphatic heterocycles. The number of carbonyl (C=O) groups excluding carboxylic acids is 1. The largest absolute Gasteiger partial charge is 0.422 e. The normalized spacial score (nSPS) is 11.2. The maximum absolute atomic E-state index is 12.0. The smallest absolute Gasteiger partial charge is 0.339 e. The zero-order chi connectivity index (χ0) is 14.5. The number of esters is 1. The molecular formula is C16H12Cl2O2. The molecule has 0 atom stereocenters. The third-order valence-electron chi connectivity index (χ3n) is 2.64. The maximum Gasteiger partial charge on any atom is 0.339 e. The minimum absolute atomic E-state index is 0.339. The van der Waals surface area contributed by atoms with Crippen LogP contribution in [0.1, 0.15) is 12.5 Å². The quantitative estimate of drug-likeness (QED) is 0.453. The zero-order valence-electron chi connectivity index (χ0n) is 10.8. The Hall–Kier alpha value is -1.77. The fourth-order valence-corrected chi connectivity index (χ4v) is 1.96. The molecule has 0 aliphatic carbocycles. The Morgan fingerprint density at radius 1 is 1.00 bits per heavy atom. The first-order valence-electron chi connectivity index (χ1n) is 5.97. The number of hydrogen-bond acceptors (Lipinski definition) is 2. The summed E-state index contributed by atoms with van der Waals surface area (Å²) in [6, 6.07) is 14.1. The molecule has 2 nitrogen and oxygen atoms in total. The van der Waals surface area contributed by atoms with Crippen LogP contribution in [0.4, 0.5) is 0 Å². The number of ether oxygens (including phenoxy) is 1. The topological polar surface area (TPSA) is 26.3 Å². The highest BCUT2D eigenvalue weighted by Gasteiger charge is 2.10. The lowest BCUT2D eigenvalue weighted by Crippen LogP contribution is -2.09. The molecule has 0 saturated heterocycles. The Bertz CT molecular complexity index is 663. The third kappa shape index (κ3) is 3.62. The molecule has 0 bridgehead atoms. The number of rotatable bonds is 3. The van der Waals surface area contributed by atoms with Gasteiger partial charge in [-0.15, -0.1) is 0 Å². The van der Waals surface area contributed by atoms with Crippen molar-refractivity contribution in [1.82, 2.24) is 0 Å². The van der Waals surface area contributed by atoms with Crippen LogP contribution in [0.2, 0.25) is 10.0 Å². The highest BCUT2D eigenvalue weighted by molar-refractivity contribution is 6.32. The van der Waals surface area contributed by atoms with E-state index in [1.54, 1.807) is 43.3 Å². The van der Waals surface area contributed by atoms with Gasteiger partial charge in [0, 0.05) is 10.6 Å². The van der Waals surface area contributed by atoms with Crippen LogP contribution in [-0.2, 0) is 4.79 Å². The van der Waals surface area contributed by atoms with Gasteiger partial charge in [0.1, 0.15) is 5.75 Å². The molecular weight excluding hydrogens is 295 g/mol. The molecule has 0 saturated carbocycles. The lowest BCUT2D eigenvalue weighted by molar-refractivity contribution is -0.130. The average molecular weight is 307 g/mol.